The highest BCUT2D eigenvalue weighted by Gasteiger charge is 2.43. The summed E-state index contributed by atoms with van der Waals surface area (Å²) in [5.41, 5.74) is 3.98. The fourth-order valence-electron chi connectivity index (χ4n) is 6.84. The zero-order valence-corrected chi connectivity index (χ0v) is 25.0. The van der Waals surface area contributed by atoms with Crippen LogP contribution in [0.5, 0.6) is 0 Å². The molecular weight excluding hydrogens is 555 g/mol. The van der Waals surface area contributed by atoms with E-state index in [1.807, 2.05) is 29.5 Å². The number of anilines is 1. The molecule has 5 heterocycles. The summed E-state index contributed by atoms with van der Waals surface area (Å²) in [4.78, 5) is 36.1. The first-order valence-corrected chi connectivity index (χ1v) is 15.2. The van der Waals surface area contributed by atoms with E-state index in [4.69, 9.17) is 9.72 Å². The predicted octanol–water partition coefficient (Wildman–Crippen LogP) is 4.13. The van der Waals surface area contributed by atoms with Crippen molar-refractivity contribution in [2.75, 3.05) is 37.0 Å². The normalized spacial score (nSPS) is 21.5. The van der Waals surface area contributed by atoms with Crippen LogP contribution in [0.1, 0.15) is 19.4 Å². The predicted molar refractivity (Wildman–Crippen MR) is 163 cm³/mol. The Labute approximate surface area is 246 Å². The van der Waals surface area contributed by atoms with Gasteiger partial charge in [-0.2, -0.15) is 10.1 Å². The van der Waals surface area contributed by atoms with Crippen LogP contribution >= 0.6 is 11.8 Å². The van der Waals surface area contributed by atoms with Gasteiger partial charge >= 0.3 is 5.69 Å². The Morgan fingerprint density at radius 2 is 1.98 bits per heavy atom. The Kier molecular flexibility index (Phi) is 6.25. The molecule has 42 heavy (non-hydrogen) atoms. The fraction of sp³-hybridized carbons (Fsp3) is 0.419. The molecule has 9 nitrogen and oxygen atoms in total. The first-order chi connectivity index (χ1) is 20.1. The zero-order valence-electron chi connectivity index (χ0n) is 24.2. The topological polar surface area (TPSA) is 85.5 Å². The van der Waals surface area contributed by atoms with E-state index in [2.05, 4.69) is 36.5 Å². The molecule has 4 aromatic rings. The van der Waals surface area contributed by atoms with Crippen LogP contribution < -0.4 is 10.6 Å². The van der Waals surface area contributed by atoms with Crippen molar-refractivity contribution in [3.05, 3.63) is 58.9 Å². The van der Waals surface area contributed by atoms with E-state index < -0.39 is 0 Å². The van der Waals surface area contributed by atoms with Gasteiger partial charge in [-0.1, -0.05) is 6.58 Å². The number of hydrogen-bond donors (Lipinski definition) is 0. The minimum atomic E-state index is -0.315. The molecule has 0 N–H and O–H groups in total. The Bertz CT molecular complexity index is 1860. The van der Waals surface area contributed by atoms with Gasteiger partial charge in [0.15, 0.2) is 0 Å². The number of amides is 1. The van der Waals surface area contributed by atoms with Crippen molar-refractivity contribution in [3.8, 4) is 11.1 Å². The van der Waals surface area contributed by atoms with Crippen LogP contribution in [0, 0.1) is 18.2 Å². The molecule has 0 radical (unpaired) electrons. The Morgan fingerprint density at radius 1 is 1.19 bits per heavy atom. The number of carbonyl (C=O) groups is 1. The smallest absolute Gasteiger partial charge is 0.350 e. The van der Waals surface area contributed by atoms with E-state index in [1.54, 1.807) is 22.6 Å². The molecule has 3 aliphatic rings. The molecule has 3 aliphatic heterocycles. The van der Waals surface area contributed by atoms with Crippen molar-refractivity contribution in [1.29, 1.82) is 0 Å². The number of hydrogen-bond acceptors (Lipinski definition) is 7. The monoisotopic (exact) mass is 588 g/mol. The van der Waals surface area contributed by atoms with Crippen LogP contribution in [-0.2, 0) is 23.1 Å². The van der Waals surface area contributed by atoms with Gasteiger partial charge in [0, 0.05) is 71.3 Å². The second kappa shape index (κ2) is 9.67. The Morgan fingerprint density at radius 3 is 2.69 bits per heavy atom. The summed E-state index contributed by atoms with van der Waals surface area (Å²) in [7, 11) is 1.82. The van der Waals surface area contributed by atoms with Gasteiger partial charge in [-0.3, -0.25) is 14.0 Å². The maximum atomic E-state index is 14.8. The molecule has 0 unspecified atom stereocenters. The maximum absolute atomic E-state index is 14.8. The van der Waals surface area contributed by atoms with Gasteiger partial charge < -0.3 is 14.5 Å². The van der Waals surface area contributed by atoms with Crippen molar-refractivity contribution >= 4 is 45.3 Å². The van der Waals surface area contributed by atoms with E-state index >= 15 is 0 Å². The SMILES string of the molecule is C=CC(=O)N1C[C@H](C)N(c2nc(=O)n3c4c(c(-c5ccc(F)c6cnn(C)c56)c(C)cc24)SCC2(COC2)C3)C[C@H]1C. The summed E-state index contributed by atoms with van der Waals surface area (Å²) in [6.07, 6.45) is 2.92. The van der Waals surface area contributed by atoms with Crippen molar-refractivity contribution in [2.24, 2.45) is 12.5 Å². The van der Waals surface area contributed by atoms with Gasteiger partial charge in [0.05, 0.1) is 35.8 Å². The summed E-state index contributed by atoms with van der Waals surface area (Å²) < 4.78 is 24.0. The summed E-state index contributed by atoms with van der Waals surface area (Å²) in [5.74, 6) is 1.02. The highest BCUT2D eigenvalue weighted by Crippen LogP contribution is 2.49. The first-order valence-electron chi connectivity index (χ1n) is 14.2. The molecule has 218 valence electrons. The van der Waals surface area contributed by atoms with Crippen molar-refractivity contribution in [2.45, 2.75) is 44.3 Å². The number of thioether (sulfide) groups is 1. The van der Waals surface area contributed by atoms with E-state index in [9.17, 15) is 14.0 Å². The average molecular weight is 589 g/mol. The number of aryl methyl sites for hydroxylation is 2. The number of aromatic nitrogens is 4. The Balaban J connectivity index is 1.49. The molecular formula is C31H33FN6O3S. The number of benzene rings is 2. The number of carbonyl (C=O) groups excluding carboxylic acids is 1. The summed E-state index contributed by atoms with van der Waals surface area (Å²) in [6.45, 7) is 12.6. The molecule has 11 heteroatoms. The van der Waals surface area contributed by atoms with Crippen molar-refractivity contribution in [3.63, 3.8) is 0 Å². The fourth-order valence-corrected chi connectivity index (χ4v) is 8.32. The van der Waals surface area contributed by atoms with Gasteiger partial charge in [0.1, 0.15) is 11.6 Å². The van der Waals surface area contributed by atoms with Crippen molar-refractivity contribution in [1.82, 2.24) is 24.2 Å². The molecule has 0 aliphatic carbocycles. The quantitative estimate of drug-likeness (QED) is 0.333. The highest BCUT2D eigenvalue weighted by molar-refractivity contribution is 7.99. The minimum Gasteiger partial charge on any atom is -0.380 e. The zero-order chi connectivity index (χ0) is 29.5. The van der Waals surface area contributed by atoms with E-state index in [0.717, 1.165) is 38.2 Å². The van der Waals surface area contributed by atoms with E-state index in [1.165, 1.54) is 12.1 Å². The van der Waals surface area contributed by atoms with E-state index in [-0.39, 0.29) is 34.9 Å². The standard InChI is InChI=1S/C31H33FN6O3S/c1-6-24(39)36-11-19(4)37(12-18(36)3)29-21-9-17(2)25(20-7-8-23(32)22-10-33-35(5)26(20)22)28-27(21)38(30(40)34-29)13-31(16-42-28)14-41-15-31/h6-10,18-19H,1,11-16H2,2-5H3/t18-,19+/m1/s1. The van der Waals surface area contributed by atoms with Crippen LogP contribution in [0.4, 0.5) is 10.2 Å². The summed E-state index contributed by atoms with van der Waals surface area (Å²) in [6, 6.07) is 5.29. The molecule has 2 saturated heterocycles. The molecule has 0 saturated carbocycles. The number of nitrogens with zero attached hydrogens (tertiary/aromatic N) is 6. The van der Waals surface area contributed by atoms with Gasteiger partial charge in [-0.05, 0) is 50.6 Å². The van der Waals surface area contributed by atoms with Crippen LogP contribution in [0.25, 0.3) is 32.9 Å². The first kappa shape index (κ1) is 27.2. The lowest BCUT2D eigenvalue weighted by atomic mass is 9.88. The third-order valence-corrected chi connectivity index (χ3v) is 10.5. The molecule has 1 spiro atoms. The lowest BCUT2D eigenvalue weighted by molar-refractivity contribution is -0.128. The maximum Gasteiger partial charge on any atom is 0.350 e. The van der Waals surface area contributed by atoms with Crippen LogP contribution in [0.2, 0.25) is 0 Å². The lowest BCUT2D eigenvalue weighted by Crippen LogP contribution is -2.58. The van der Waals surface area contributed by atoms with Gasteiger partial charge in [-0.25, -0.2) is 9.18 Å². The van der Waals surface area contributed by atoms with Crippen LogP contribution in [0.15, 0.2) is 46.7 Å². The lowest BCUT2D eigenvalue weighted by Gasteiger charge is -2.44. The molecule has 7 rings (SSSR count). The van der Waals surface area contributed by atoms with Crippen LogP contribution in [0.3, 0.4) is 0 Å². The number of ether oxygens (including phenoxy) is 1. The highest BCUT2D eigenvalue weighted by atomic mass is 32.2. The molecule has 2 aromatic carbocycles. The number of halogens is 1. The molecule has 2 atom stereocenters. The Hall–Kier alpha value is -3.70. The molecule has 0 bridgehead atoms. The summed E-state index contributed by atoms with van der Waals surface area (Å²) in [5, 5.41) is 5.73. The second-order valence-electron chi connectivity index (χ2n) is 12.0. The molecule has 1 amide bonds. The second-order valence-corrected chi connectivity index (χ2v) is 13.0. The van der Waals surface area contributed by atoms with Gasteiger partial charge in [-0.15, -0.1) is 11.8 Å². The number of fused-ring (bicyclic) bond motifs is 1. The largest absolute Gasteiger partial charge is 0.380 e. The number of rotatable bonds is 3. The average Bonchev–Trinajstić information content (AvgIpc) is 3.23. The molecule has 2 fully saturated rings. The summed E-state index contributed by atoms with van der Waals surface area (Å²) >= 11 is 1.74. The third kappa shape index (κ3) is 3.93. The van der Waals surface area contributed by atoms with Gasteiger partial charge in [0.25, 0.3) is 0 Å². The number of piperazine rings is 1. The van der Waals surface area contributed by atoms with Crippen molar-refractivity contribution < 1.29 is 13.9 Å². The third-order valence-electron chi connectivity index (χ3n) is 9.06. The minimum absolute atomic E-state index is 0.0604. The van der Waals surface area contributed by atoms with E-state index in [0.29, 0.717) is 49.6 Å². The molecule has 2 aromatic heterocycles. The van der Waals surface area contributed by atoms with Gasteiger partial charge in [0.2, 0.25) is 5.91 Å². The van der Waals surface area contributed by atoms with Crippen LogP contribution in [-0.4, -0.2) is 74.3 Å².